The van der Waals surface area contributed by atoms with E-state index >= 15 is 0 Å². The fourth-order valence-electron chi connectivity index (χ4n) is 1.94. The van der Waals surface area contributed by atoms with Crippen LogP contribution >= 0.6 is 15.9 Å². The predicted molar refractivity (Wildman–Crippen MR) is 72.7 cm³/mol. The van der Waals surface area contributed by atoms with Gasteiger partial charge in [-0.25, -0.2) is 4.39 Å². The topological polar surface area (TPSA) is 16.4 Å². The number of hydrogen-bond acceptors (Lipinski definition) is 2. The van der Waals surface area contributed by atoms with Gasteiger partial charge in [0.1, 0.15) is 11.6 Å². The highest BCUT2D eigenvalue weighted by molar-refractivity contribution is 9.10. The molecule has 0 amide bonds. The number of aryl methyl sites for hydroxylation is 1. The number of rotatable bonds is 4. The summed E-state index contributed by atoms with van der Waals surface area (Å²) in [5.41, 5.74) is 2.11. The first-order valence-corrected chi connectivity index (χ1v) is 6.50. The molecule has 0 atom stereocenters. The summed E-state index contributed by atoms with van der Waals surface area (Å²) in [5, 5.41) is 0. The molecule has 1 heterocycles. The van der Waals surface area contributed by atoms with Gasteiger partial charge in [-0.15, -0.1) is 0 Å². The smallest absolute Gasteiger partial charge is 0.124 e. The van der Waals surface area contributed by atoms with E-state index in [9.17, 15) is 4.39 Å². The van der Waals surface area contributed by atoms with E-state index in [1.165, 1.54) is 6.07 Å². The summed E-state index contributed by atoms with van der Waals surface area (Å²) in [6.45, 7) is 3.43. The third-order valence-electron chi connectivity index (χ3n) is 2.78. The van der Waals surface area contributed by atoms with Crippen LogP contribution < -0.4 is 0 Å². The molecule has 4 heteroatoms. The maximum atomic E-state index is 13.3. The number of hydrogen-bond donors (Lipinski definition) is 0. The molecule has 2 nitrogen and oxygen atoms in total. The van der Waals surface area contributed by atoms with E-state index in [0.717, 1.165) is 27.9 Å². The third-order valence-corrected chi connectivity index (χ3v) is 3.24. The SMILES string of the molecule is Cc1occc1CN(C)Cc1cc(F)cc(Br)c1. The van der Waals surface area contributed by atoms with Gasteiger partial charge in [-0.3, -0.25) is 4.90 Å². The van der Waals surface area contributed by atoms with Crippen LogP contribution in [0, 0.1) is 12.7 Å². The van der Waals surface area contributed by atoms with Crippen molar-refractivity contribution in [3.05, 3.63) is 57.7 Å². The van der Waals surface area contributed by atoms with Crippen molar-refractivity contribution in [3.63, 3.8) is 0 Å². The molecule has 0 saturated carbocycles. The maximum Gasteiger partial charge on any atom is 0.124 e. The van der Waals surface area contributed by atoms with E-state index in [4.69, 9.17) is 4.42 Å². The Balaban J connectivity index is 2.03. The van der Waals surface area contributed by atoms with Gasteiger partial charge in [0, 0.05) is 23.1 Å². The predicted octanol–water partition coefficient (Wildman–Crippen LogP) is 4.12. The summed E-state index contributed by atoms with van der Waals surface area (Å²) in [7, 11) is 2.01. The van der Waals surface area contributed by atoms with Crippen LogP contribution in [0.4, 0.5) is 4.39 Å². The summed E-state index contributed by atoms with van der Waals surface area (Å²) < 4.78 is 19.3. The molecule has 0 saturated heterocycles. The van der Waals surface area contributed by atoms with Crippen LogP contribution in [0.2, 0.25) is 0 Å². The van der Waals surface area contributed by atoms with Gasteiger partial charge in [0.05, 0.1) is 6.26 Å². The highest BCUT2D eigenvalue weighted by atomic mass is 79.9. The zero-order chi connectivity index (χ0) is 13.1. The minimum atomic E-state index is -0.215. The second-order valence-electron chi connectivity index (χ2n) is 4.45. The first kappa shape index (κ1) is 13.3. The Morgan fingerprint density at radius 1 is 1.28 bits per heavy atom. The Bertz CT molecular complexity index is 518. The first-order chi connectivity index (χ1) is 8.54. The Kier molecular flexibility index (Phi) is 4.19. The molecular weight excluding hydrogens is 297 g/mol. The van der Waals surface area contributed by atoms with Crippen molar-refractivity contribution >= 4 is 15.9 Å². The second kappa shape index (κ2) is 5.67. The molecule has 0 unspecified atom stereocenters. The lowest BCUT2D eigenvalue weighted by molar-refractivity contribution is 0.316. The molecule has 0 fully saturated rings. The average Bonchev–Trinajstić information content (AvgIpc) is 2.62. The van der Waals surface area contributed by atoms with E-state index in [1.807, 2.05) is 26.1 Å². The number of benzene rings is 1. The second-order valence-corrected chi connectivity index (χ2v) is 5.37. The van der Waals surface area contributed by atoms with Gasteiger partial charge in [-0.05, 0) is 43.8 Å². The van der Waals surface area contributed by atoms with Crippen molar-refractivity contribution in [2.45, 2.75) is 20.0 Å². The standard InChI is InChI=1S/C14H15BrFNO/c1-10-12(3-4-18-10)9-17(2)8-11-5-13(15)7-14(16)6-11/h3-7H,8-9H2,1-2H3. The molecule has 0 bridgehead atoms. The van der Waals surface area contributed by atoms with Crippen molar-refractivity contribution < 1.29 is 8.81 Å². The number of halogens is 2. The molecule has 96 valence electrons. The van der Waals surface area contributed by atoms with Gasteiger partial charge >= 0.3 is 0 Å². The van der Waals surface area contributed by atoms with Crippen molar-refractivity contribution in [2.24, 2.45) is 0 Å². The van der Waals surface area contributed by atoms with Gasteiger partial charge in [0.25, 0.3) is 0 Å². The van der Waals surface area contributed by atoms with Crippen molar-refractivity contribution in [1.82, 2.24) is 4.90 Å². The molecule has 1 aromatic carbocycles. The largest absolute Gasteiger partial charge is 0.469 e. The highest BCUT2D eigenvalue weighted by Crippen LogP contribution is 2.17. The molecule has 0 aliphatic carbocycles. The molecule has 0 radical (unpaired) electrons. The monoisotopic (exact) mass is 311 g/mol. The van der Waals surface area contributed by atoms with Crippen molar-refractivity contribution in [3.8, 4) is 0 Å². The fourth-order valence-corrected chi connectivity index (χ4v) is 2.45. The molecule has 0 aliphatic heterocycles. The highest BCUT2D eigenvalue weighted by Gasteiger charge is 2.07. The van der Waals surface area contributed by atoms with Gasteiger partial charge in [0.2, 0.25) is 0 Å². The van der Waals surface area contributed by atoms with Crippen LogP contribution in [0.3, 0.4) is 0 Å². The van der Waals surface area contributed by atoms with Gasteiger partial charge < -0.3 is 4.42 Å². The molecule has 1 aromatic heterocycles. The number of furan rings is 1. The first-order valence-electron chi connectivity index (χ1n) is 5.71. The quantitative estimate of drug-likeness (QED) is 0.844. The fraction of sp³-hybridized carbons (Fsp3) is 0.286. The molecule has 18 heavy (non-hydrogen) atoms. The van der Waals surface area contributed by atoms with Crippen LogP contribution in [-0.4, -0.2) is 11.9 Å². The van der Waals surface area contributed by atoms with Gasteiger partial charge in [0.15, 0.2) is 0 Å². The summed E-state index contributed by atoms with van der Waals surface area (Å²) in [5.74, 6) is 0.717. The number of nitrogens with zero attached hydrogens (tertiary/aromatic N) is 1. The van der Waals surface area contributed by atoms with Crippen LogP contribution in [0.15, 0.2) is 39.4 Å². The molecule has 2 rings (SSSR count). The van der Waals surface area contributed by atoms with Crippen LogP contribution in [0.5, 0.6) is 0 Å². The Hall–Kier alpha value is -1.13. The van der Waals surface area contributed by atoms with E-state index in [1.54, 1.807) is 12.3 Å². The van der Waals surface area contributed by atoms with Crippen LogP contribution in [0.25, 0.3) is 0 Å². The van der Waals surface area contributed by atoms with E-state index in [2.05, 4.69) is 20.8 Å². The Morgan fingerprint density at radius 3 is 2.67 bits per heavy atom. The summed E-state index contributed by atoms with van der Waals surface area (Å²) in [6, 6.07) is 6.92. The van der Waals surface area contributed by atoms with Crippen LogP contribution in [0.1, 0.15) is 16.9 Å². The summed E-state index contributed by atoms with van der Waals surface area (Å²) >= 11 is 3.30. The van der Waals surface area contributed by atoms with E-state index < -0.39 is 0 Å². The van der Waals surface area contributed by atoms with Gasteiger partial charge in [-0.1, -0.05) is 15.9 Å². The molecular formula is C14H15BrFNO. The molecule has 0 aliphatic rings. The summed E-state index contributed by atoms with van der Waals surface area (Å²) in [4.78, 5) is 2.12. The summed E-state index contributed by atoms with van der Waals surface area (Å²) in [6.07, 6.45) is 1.69. The molecule has 2 aromatic rings. The minimum absolute atomic E-state index is 0.215. The lowest BCUT2D eigenvalue weighted by atomic mass is 10.2. The zero-order valence-corrected chi connectivity index (χ0v) is 12.0. The molecule has 0 N–H and O–H groups in total. The van der Waals surface area contributed by atoms with Crippen molar-refractivity contribution in [2.75, 3.05) is 7.05 Å². The molecule has 0 spiro atoms. The normalized spacial score (nSPS) is 11.2. The third kappa shape index (κ3) is 3.43. The zero-order valence-electron chi connectivity index (χ0n) is 10.4. The van der Waals surface area contributed by atoms with Gasteiger partial charge in [-0.2, -0.15) is 0 Å². The van der Waals surface area contributed by atoms with Crippen molar-refractivity contribution in [1.29, 1.82) is 0 Å². The minimum Gasteiger partial charge on any atom is -0.469 e. The Morgan fingerprint density at radius 2 is 2.06 bits per heavy atom. The Labute approximate surface area is 115 Å². The van der Waals surface area contributed by atoms with Crippen LogP contribution in [-0.2, 0) is 13.1 Å². The lowest BCUT2D eigenvalue weighted by Crippen LogP contribution is -2.17. The lowest BCUT2D eigenvalue weighted by Gasteiger charge is -2.16. The van der Waals surface area contributed by atoms with E-state index in [-0.39, 0.29) is 5.82 Å². The van der Waals surface area contributed by atoms with E-state index in [0.29, 0.717) is 6.54 Å². The average molecular weight is 312 g/mol. The maximum absolute atomic E-state index is 13.3.